The molecule has 1 aromatic carbocycles. The number of hydrogen-bond acceptors (Lipinski definition) is 3. The number of carbonyl (C=O) groups is 2. The van der Waals surface area contributed by atoms with Gasteiger partial charge >= 0.3 is 0 Å². The van der Waals surface area contributed by atoms with E-state index in [2.05, 4.69) is 5.32 Å². The molecule has 0 bridgehead atoms. The Morgan fingerprint density at radius 2 is 1.88 bits per heavy atom. The van der Waals surface area contributed by atoms with Gasteiger partial charge in [-0.25, -0.2) is 0 Å². The molecule has 0 saturated carbocycles. The van der Waals surface area contributed by atoms with Crippen LogP contribution in [0.5, 0.6) is 5.75 Å². The maximum atomic E-state index is 11.0. The Bertz CT molecular complexity index is 370. The van der Waals surface area contributed by atoms with Crippen LogP contribution < -0.4 is 10.1 Å². The molecule has 16 heavy (non-hydrogen) atoms. The fraction of sp³-hybridized carbons (Fsp3) is 0.333. The van der Waals surface area contributed by atoms with Crippen molar-refractivity contribution < 1.29 is 14.3 Å². The molecule has 0 aliphatic heterocycles. The molecular formula is C12H15NO3. The van der Waals surface area contributed by atoms with E-state index in [0.29, 0.717) is 17.9 Å². The monoisotopic (exact) mass is 221 g/mol. The molecule has 86 valence electrons. The SMILES string of the molecule is CCC(=O)COc1ccc(NC(C)=O)cc1. The van der Waals surface area contributed by atoms with Gasteiger partial charge in [0, 0.05) is 19.0 Å². The van der Waals surface area contributed by atoms with E-state index in [4.69, 9.17) is 4.74 Å². The second-order valence-corrected chi connectivity index (χ2v) is 3.39. The van der Waals surface area contributed by atoms with E-state index in [9.17, 15) is 9.59 Å². The zero-order valence-corrected chi connectivity index (χ0v) is 9.45. The first kappa shape index (κ1) is 12.2. The number of nitrogens with one attached hydrogen (secondary N) is 1. The van der Waals surface area contributed by atoms with Gasteiger partial charge in [-0.3, -0.25) is 9.59 Å². The highest BCUT2D eigenvalue weighted by Crippen LogP contribution is 2.15. The van der Waals surface area contributed by atoms with Gasteiger partial charge in [0.25, 0.3) is 0 Å². The maximum absolute atomic E-state index is 11.0. The van der Waals surface area contributed by atoms with E-state index in [1.807, 2.05) is 0 Å². The van der Waals surface area contributed by atoms with E-state index >= 15 is 0 Å². The van der Waals surface area contributed by atoms with Crippen LogP contribution in [0.4, 0.5) is 5.69 Å². The molecular weight excluding hydrogens is 206 g/mol. The van der Waals surface area contributed by atoms with Crippen molar-refractivity contribution in [2.75, 3.05) is 11.9 Å². The number of ketones is 1. The van der Waals surface area contributed by atoms with Gasteiger partial charge in [0.05, 0.1) is 0 Å². The van der Waals surface area contributed by atoms with Crippen molar-refractivity contribution in [3.05, 3.63) is 24.3 Å². The normalized spacial score (nSPS) is 9.62. The summed E-state index contributed by atoms with van der Waals surface area (Å²) in [6.45, 7) is 3.34. The predicted octanol–water partition coefficient (Wildman–Crippen LogP) is 2.00. The molecule has 1 aromatic rings. The molecule has 1 amide bonds. The van der Waals surface area contributed by atoms with Crippen molar-refractivity contribution in [1.82, 2.24) is 0 Å². The number of rotatable bonds is 5. The van der Waals surface area contributed by atoms with Gasteiger partial charge in [0.1, 0.15) is 12.4 Å². The van der Waals surface area contributed by atoms with Crippen LogP contribution in [0.15, 0.2) is 24.3 Å². The summed E-state index contributed by atoms with van der Waals surface area (Å²) in [6, 6.07) is 6.89. The van der Waals surface area contributed by atoms with Crippen molar-refractivity contribution in [2.24, 2.45) is 0 Å². The molecule has 4 heteroatoms. The van der Waals surface area contributed by atoms with Gasteiger partial charge in [0.15, 0.2) is 5.78 Å². The number of Topliss-reactive ketones (excluding diaryl/α,β-unsaturated/α-hetero) is 1. The quantitative estimate of drug-likeness (QED) is 0.827. The Labute approximate surface area is 94.6 Å². The minimum Gasteiger partial charge on any atom is -0.486 e. The second kappa shape index (κ2) is 5.90. The number of anilines is 1. The number of ether oxygens (including phenoxy) is 1. The van der Waals surface area contributed by atoms with Gasteiger partial charge in [-0.05, 0) is 24.3 Å². The van der Waals surface area contributed by atoms with Crippen LogP contribution >= 0.6 is 0 Å². The Morgan fingerprint density at radius 3 is 2.38 bits per heavy atom. The summed E-state index contributed by atoms with van der Waals surface area (Å²) in [5, 5.41) is 2.65. The smallest absolute Gasteiger partial charge is 0.221 e. The van der Waals surface area contributed by atoms with E-state index in [0.717, 1.165) is 0 Å². The average Bonchev–Trinajstić information content (AvgIpc) is 2.27. The Balaban J connectivity index is 2.51. The van der Waals surface area contributed by atoms with Crippen LogP contribution in [0.3, 0.4) is 0 Å². The molecule has 0 heterocycles. The molecule has 0 fully saturated rings. The van der Waals surface area contributed by atoms with Crippen LogP contribution in [0.25, 0.3) is 0 Å². The molecule has 4 nitrogen and oxygen atoms in total. The zero-order valence-electron chi connectivity index (χ0n) is 9.45. The predicted molar refractivity (Wildman–Crippen MR) is 61.5 cm³/mol. The van der Waals surface area contributed by atoms with Gasteiger partial charge in [0.2, 0.25) is 5.91 Å². The third-order valence-electron chi connectivity index (χ3n) is 1.97. The number of benzene rings is 1. The average molecular weight is 221 g/mol. The van der Waals surface area contributed by atoms with E-state index in [1.165, 1.54) is 6.92 Å². The molecule has 0 spiro atoms. The van der Waals surface area contributed by atoms with Crippen LogP contribution in [0.2, 0.25) is 0 Å². The third-order valence-corrected chi connectivity index (χ3v) is 1.97. The molecule has 1 rings (SSSR count). The van der Waals surface area contributed by atoms with Gasteiger partial charge in [-0.2, -0.15) is 0 Å². The largest absolute Gasteiger partial charge is 0.486 e. The van der Waals surface area contributed by atoms with E-state index < -0.39 is 0 Å². The first-order chi connectivity index (χ1) is 7.61. The van der Waals surface area contributed by atoms with Crippen LogP contribution in [0.1, 0.15) is 20.3 Å². The number of amides is 1. The van der Waals surface area contributed by atoms with Crippen molar-refractivity contribution >= 4 is 17.4 Å². The summed E-state index contributed by atoms with van der Waals surface area (Å²) in [4.78, 5) is 21.8. The van der Waals surface area contributed by atoms with Crippen LogP contribution in [-0.2, 0) is 9.59 Å². The zero-order chi connectivity index (χ0) is 12.0. The van der Waals surface area contributed by atoms with Crippen LogP contribution in [0, 0.1) is 0 Å². The summed E-state index contributed by atoms with van der Waals surface area (Å²) < 4.78 is 5.26. The topological polar surface area (TPSA) is 55.4 Å². The molecule has 0 atom stereocenters. The highest BCUT2D eigenvalue weighted by molar-refractivity contribution is 5.88. The standard InChI is InChI=1S/C12H15NO3/c1-3-11(15)8-16-12-6-4-10(5-7-12)13-9(2)14/h4-7H,3,8H2,1-2H3,(H,13,14). The van der Waals surface area contributed by atoms with Crippen molar-refractivity contribution in [1.29, 1.82) is 0 Å². The summed E-state index contributed by atoms with van der Waals surface area (Å²) in [7, 11) is 0. The second-order valence-electron chi connectivity index (χ2n) is 3.39. The molecule has 1 N–H and O–H groups in total. The third kappa shape index (κ3) is 4.13. The minimum absolute atomic E-state index is 0.0611. The first-order valence-corrected chi connectivity index (χ1v) is 5.14. The van der Waals surface area contributed by atoms with Gasteiger partial charge < -0.3 is 10.1 Å². The Morgan fingerprint density at radius 1 is 1.25 bits per heavy atom. The summed E-state index contributed by atoms with van der Waals surface area (Å²) in [5.74, 6) is 0.566. The minimum atomic E-state index is -0.116. The van der Waals surface area contributed by atoms with Crippen molar-refractivity contribution in [3.63, 3.8) is 0 Å². The van der Waals surface area contributed by atoms with Crippen LogP contribution in [-0.4, -0.2) is 18.3 Å². The highest BCUT2D eigenvalue weighted by Gasteiger charge is 2.00. The number of hydrogen-bond donors (Lipinski definition) is 1. The molecule has 0 aliphatic rings. The fourth-order valence-corrected chi connectivity index (χ4v) is 1.10. The fourth-order valence-electron chi connectivity index (χ4n) is 1.10. The first-order valence-electron chi connectivity index (χ1n) is 5.14. The molecule has 0 saturated heterocycles. The van der Waals surface area contributed by atoms with E-state index in [1.54, 1.807) is 31.2 Å². The summed E-state index contributed by atoms with van der Waals surface area (Å²) >= 11 is 0. The van der Waals surface area contributed by atoms with Gasteiger partial charge in [-0.15, -0.1) is 0 Å². The lowest BCUT2D eigenvalue weighted by molar-refractivity contribution is -0.120. The van der Waals surface area contributed by atoms with Gasteiger partial charge in [-0.1, -0.05) is 6.92 Å². The molecule has 0 radical (unpaired) electrons. The van der Waals surface area contributed by atoms with Crippen molar-refractivity contribution in [2.45, 2.75) is 20.3 Å². The highest BCUT2D eigenvalue weighted by atomic mass is 16.5. The molecule has 0 unspecified atom stereocenters. The Hall–Kier alpha value is -1.84. The number of carbonyl (C=O) groups excluding carboxylic acids is 2. The Kier molecular flexibility index (Phi) is 4.51. The lowest BCUT2D eigenvalue weighted by Crippen LogP contribution is -2.09. The lowest BCUT2D eigenvalue weighted by Gasteiger charge is -2.06. The lowest BCUT2D eigenvalue weighted by atomic mass is 10.3. The molecule has 0 aliphatic carbocycles. The van der Waals surface area contributed by atoms with E-state index in [-0.39, 0.29) is 18.3 Å². The van der Waals surface area contributed by atoms with Crippen molar-refractivity contribution in [3.8, 4) is 5.75 Å². The molecule has 0 aromatic heterocycles. The summed E-state index contributed by atoms with van der Waals surface area (Å²) in [6.07, 6.45) is 0.476. The maximum Gasteiger partial charge on any atom is 0.221 e. The summed E-state index contributed by atoms with van der Waals surface area (Å²) in [5.41, 5.74) is 0.710.